The van der Waals surface area contributed by atoms with Crippen molar-refractivity contribution in [1.29, 1.82) is 0 Å². The molecular weight excluding hydrogens is 290 g/mol. The number of aromatic nitrogens is 1. The average molecular weight is 309 g/mol. The molecule has 0 amide bonds. The molecule has 1 fully saturated rings. The lowest BCUT2D eigenvalue weighted by molar-refractivity contribution is -0.884. The summed E-state index contributed by atoms with van der Waals surface area (Å²) in [4.78, 5) is 8.85. The highest BCUT2D eigenvalue weighted by molar-refractivity contribution is 7.13. The maximum Gasteiger partial charge on any atom is 0.125 e. The maximum absolute atomic E-state index is 6.23. The molecule has 5 heteroatoms. The Kier molecular flexibility index (Phi) is 4.36. The fraction of sp³-hybridized carbons (Fsp3) is 0.400. The van der Waals surface area contributed by atoms with Crippen molar-refractivity contribution in [3.8, 4) is 10.6 Å². The third-order valence-electron chi connectivity index (χ3n) is 3.75. The van der Waals surface area contributed by atoms with E-state index in [1.54, 1.807) is 16.2 Å². The van der Waals surface area contributed by atoms with E-state index in [4.69, 9.17) is 16.6 Å². The number of hydrogen-bond acceptors (Lipinski definition) is 3. The van der Waals surface area contributed by atoms with Crippen LogP contribution in [-0.4, -0.2) is 43.1 Å². The molecule has 2 heterocycles. The van der Waals surface area contributed by atoms with Gasteiger partial charge in [0.05, 0.1) is 30.9 Å². The summed E-state index contributed by atoms with van der Waals surface area (Å²) in [6.07, 6.45) is 0. The number of likely N-dealkylation sites (N-methyl/N-ethyl adjacent to an activating group) is 1. The molecule has 0 atom stereocenters. The first-order chi connectivity index (χ1) is 9.72. The summed E-state index contributed by atoms with van der Waals surface area (Å²) in [7, 11) is 2.26. The topological polar surface area (TPSA) is 20.6 Å². The van der Waals surface area contributed by atoms with Crippen LogP contribution in [-0.2, 0) is 6.54 Å². The van der Waals surface area contributed by atoms with Crippen LogP contribution in [0, 0.1) is 0 Å². The second kappa shape index (κ2) is 6.22. The van der Waals surface area contributed by atoms with Gasteiger partial charge in [0, 0.05) is 30.6 Å². The van der Waals surface area contributed by atoms with E-state index in [0.717, 1.165) is 40.9 Å². The van der Waals surface area contributed by atoms with Crippen molar-refractivity contribution in [1.82, 2.24) is 9.88 Å². The second-order valence-electron chi connectivity index (χ2n) is 5.36. The Morgan fingerprint density at radius 2 is 2.05 bits per heavy atom. The van der Waals surface area contributed by atoms with Crippen molar-refractivity contribution in [2.75, 3.05) is 33.2 Å². The molecule has 3 rings (SSSR count). The number of piperazine rings is 1. The van der Waals surface area contributed by atoms with Crippen molar-refractivity contribution in [3.63, 3.8) is 0 Å². The van der Waals surface area contributed by atoms with E-state index in [0.29, 0.717) is 0 Å². The normalized spacial score (nSPS) is 17.5. The molecule has 1 aromatic carbocycles. The quantitative estimate of drug-likeness (QED) is 0.933. The zero-order valence-electron chi connectivity index (χ0n) is 11.6. The summed E-state index contributed by atoms with van der Waals surface area (Å²) in [6, 6.07) is 7.91. The molecule has 0 aliphatic carbocycles. The van der Waals surface area contributed by atoms with Crippen LogP contribution in [0.3, 0.4) is 0 Å². The van der Waals surface area contributed by atoms with Crippen molar-refractivity contribution in [3.05, 3.63) is 40.4 Å². The van der Waals surface area contributed by atoms with E-state index >= 15 is 0 Å². The number of benzene rings is 1. The minimum absolute atomic E-state index is 0.775. The Morgan fingerprint density at radius 1 is 1.30 bits per heavy atom. The van der Waals surface area contributed by atoms with Crippen LogP contribution < -0.4 is 4.90 Å². The monoisotopic (exact) mass is 308 g/mol. The van der Waals surface area contributed by atoms with E-state index in [9.17, 15) is 0 Å². The summed E-state index contributed by atoms with van der Waals surface area (Å²) in [5, 5.41) is 3.95. The van der Waals surface area contributed by atoms with Crippen LogP contribution in [0.15, 0.2) is 29.6 Å². The number of halogens is 1. The molecule has 0 bridgehead atoms. The number of nitrogens with zero attached hydrogens (tertiary/aromatic N) is 2. The standard InChI is InChI=1S/C15H18ClN3S/c1-18-6-8-19(9-7-18)10-12-11-20-15(17-12)13-4-2-3-5-14(13)16/h2-5,11H,6-10H2,1H3/p+1. The molecule has 2 aromatic rings. The van der Waals surface area contributed by atoms with Crippen LogP contribution in [0.2, 0.25) is 5.02 Å². The first-order valence-electron chi connectivity index (χ1n) is 6.95. The Bertz CT molecular complexity index is 576. The Morgan fingerprint density at radius 3 is 2.80 bits per heavy atom. The highest BCUT2D eigenvalue weighted by Crippen LogP contribution is 2.30. The maximum atomic E-state index is 6.23. The van der Waals surface area contributed by atoms with Crippen LogP contribution in [0.4, 0.5) is 0 Å². The van der Waals surface area contributed by atoms with Gasteiger partial charge in [-0.05, 0) is 6.07 Å². The summed E-state index contributed by atoms with van der Waals surface area (Å²) in [5.41, 5.74) is 2.19. The molecule has 1 aromatic heterocycles. The molecule has 20 heavy (non-hydrogen) atoms. The number of hydrogen-bond donors (Lipinski definition) is 1. The predicted molar refractivity (Wildman–Crippen MR) is 84.5 cm³/mol. The van der Waals surface area contributed by atoms with Crippen LogP contribution in [0.1, 0.15) is 5.69 Å². The minimum atomic E-state index is 0.775. The molecule has 0 unspecified atom stereocenters. The molecular formula is C15H19ClN3S+. The zero-order chi connectivity index (χ0) is 13.9. The summed E-state index contributed by atoms with van der Waals surface area (Å²) < 4.78 is 0. The van der Waals surface area contributed by atoms with Gasteiger partial charge in [-0.2, -0.15) is 0 Å². The molecule has 1 N–H and O–H groups in total. The van der Waals surface area contributed by atoms with Crippen molar-refractivity contribution in [2.45, 2.75) is 6.54 Å². The highest BCUT2D eigenvalue weighted by Gasteiger charge is 2.18. The SMILES string of the molecule is C[NH+]1CCN(Cc2csc(-c3ccccc3Cl)n2)CC1. The van der Waals surface area contributed by atoms with Crippen molar-refractivity contribution >= 4 is 22.9 Å². The Hall–Kier alpha value is -0.940. The van der Waals surface area contributed by atoms with Gasteiger partial charge in [-0.25, -0.2) is 4.98 Å². The number of quaternary nitrogens is 1. The number of thiazole rings is 1. The van der Waals surface area contributed by atoms with Gasteiger partial charge in [0.25, 0.3) is 0 Å². The molecule has 106 valence electrons. The molecule has 0 spiro atoms. The summed E-state index contributed by atoms with van der Waals surface area (Å²) in [6.45, 7) is 5.72. The largest absolute Gasteiger partial charge is 0.335 e. The molecule has 1 saturated heterocycles. The van der Waals surface area contributed by atoms with Crippen LogP contribution in [0.25, 0.3) is 10.6 Å². The van der Waals surface area contributed by atoms with E-state index < -0.39 is 0 Å². The molecule has 0 radical (unpaired) electrons. The highest BCUT2D eigenvalue weighted by atomic mass is 35.5. The van der Waals surface area contributed by atoms with E-state index in [1.807, 2.05) is 24.3 Å². The first-order valence-corrected chi connectivity index (χ1v) is 8.21. The lowest BCUT2D eigenvalue weighted by atomic mass is 10.2. The first kappa shape index (κ1) is 14.0. The van der Waals surface area contributed by atoms with Gasteiger partial charge in [0.15, 0.2) is 0 Å². The van der Waals surface area contributed by atoms with E-state index in [2.05, 4.69) is 17.3 Å². The van der Waals surface area contributed by atoms with Crippen molar-refractivity contribution in [2.24, 2.45) is 0 Å². The van der Waals surface area contributed by atoms with Crippen LogP contribution in [0.5, 0.6) is 0 Å². The van der Waals surface area contributed by atoms with Gasteiger partial charge in [-0.3, -0.25) is 4.90 Å². The van der Waals surface area contributed by atoms with Crippen molar-refractivity contribution < 1.29 is 4.90 Å². The average Bonchev–Trinajstić information content (AvgIpc) is 2.90. The lowest BCUT2D eigenvalue weighted by Crippen LogP contribution is -3.11. The Labute approximate surface area is 128 Å². The van der Waals surface area contributed by atoms with E-state index in [1.165, 1.54) is 13.1 Å². The third kappa shape index (κ3) is 3.20. The predicted octanol–water partition coefficient (Wildman–Crippen LogP) is 1.79. The minimum Gasteiger partial charge on any atom is -0.335 e. The number of rotatable bonds is 3. The van der Waals surface area contributed by atoms with Gasteiger partial charge >= 0.3 is 0 Å². The molecule has 1 aliphatic rings. The second-order valence-corrected chi connectivity index (χ2v) is 6.62. The molecule has 3 nitrogen and oxygen atoms in total. The summed E-state index contributed by atoms with van der Waals surface area (Å²) in [5.74, 6) is 0. The van der Waals surface area contributed by atoms with Gasteiger partial charge < -0.3 is 4.90 Å². The van der Waals surface area contributed by atoms with E-state index in [-0.39, 0.29) is 0 Å². The smallest absolute Gasteiger partial charge is 0.125 e. The van der Waals surface area contributed by atoms with Gasteiger partial charge in [0.2, 0.25) is 0 Å². The lowest BCUT2D eigenvalue weighted by Gasteiger charge is -2.29. The fourth-order valence-corrected chi connectivity index (χ4v) is 3.59. The van der Waals surface area contributed by atoms with Gasteiger partial charge in [-0.1, -0.05) is 29.8 Å². The van der Waals surface area contributed by atoms with Gasteiger partial charge in [-0.15, -0.1) is 11.3 Å². The van der Waals surface area contributed by atoms with Gasteiger partial charge in [0.1, 0.15) is 5.01 Å². The summed E-state index contributed by atoms with van der Waals surface area (Å²) >= 11 is 7.91. The Balaban J connectivity index is 1.70. The fourth-order valence-electron chi connectivity index (χ4n) is 2.46. The van der Waals surface area contributed by atoms with Crippen LogP contribution >= 0.6 is 22.9 Å². The third-order valence-corrected chi connectivity index (χ3v) is 5.01. The molecule has 1 aliphatic heterocycles. The number of nitrogens with one attached hydrogen (secondary N) is 1. The molecule has 0 saturated carbocycles. The zero-order valence-corrected chi connectivity index (χ0v) is 13.2.